The molecule has 1 heterocycles. The van der Waals surface area contributed by atoms with Gasteiger partial charge in [-0.15, -0.1) is 0 Å². The molecule has 0 aromatic carbocycles. The van der Waals surface area contributed by atoms with Gasteiger partial charge >= 0.3 is 5.97 Å². The molecular weight excluding hydrogens is 793 g/mol. The van der Waals surface area contributed by atoms with Crippen molar-refractivity contribution in [1.82, 2.24) is 0 Å². The first-order valence-corrected chi connectivity index (χ1v) is 26.9. The number of esters is 1. The molecule has 0 aromatic heterocycles. The third-order valence-corrected chi connectivity index (χ3v) is 12.6. The highest BCUT2D eigenvalue weighted by molar-refractivity contribution is 5.69. The van der Waals surface area contributed by atoms with Crippen molar-refractivity contribution >= 4 is 5.97 Å². The number of carbonyl (C=O) groups excluding carboxylic acids is 1. The molecule has 372 valence electrons. The maximum absolute atomic E-state index is 12.9. The van der Waals surface area contributed by atoms with Crippen molar-refractivity contribution in [3.05, 3.63) is 24.3 Å². The van der Waals surface area contributed by atoms with Gasteiger partial charge in [-0.25, -0.2) is 0 Å². The number of allylic oxidation sites excluding steroid dienone is 4. The van der Waals surface area contributed by atoms with Gasteiger partial charge in [0.25, 0.3) is 0 Å². The Morgan fingerprint density at radius 3 is 1.38 bits per heavy atom. The minimum absolute atomic E-state index is 0.111. The monoisotopic (exact) mass is 895 g/mol. The molecule has 1 aliphatic rings. The van der Waals surface area contributed by atoms with Gasteiger partial charge in [-0.05, 0) is 44.9 Å². The number of carbonyl (C=O) groups is 1. The predicted molar refractivity (Wildman–Crippen MR) is 261 cm³/mol. The van der Waals surface area contributed by atoms with Crippen molar-refractivity contribution in [2.24, 2.45) is 0 Å². The summed E-state index contributed by atoms with van der Waals surface area (Å²) >= 11 is 0. The molecule has 0 bridgehead atoms. The summed E-state index contributed by atoms with van der Waals surface area (Å²) in [4.78, 5) is 12.9. The number of aliphatic hydroxyl groups is 4. The van der Waals surface area contributed by atoms with Gasteiger partial charge in [-0.1, -0.05) is 224 Å². The molecule has 0 radical (unpaired) electrons. The summed E-state index contributed by atoms with van der Waals surface area (Å²) < 4.78 is 22.9. The van der Waals surface area contributed by atoms with Gasteiger partial charge in [0.2, 0.25) is 0 Å². The minimum atomic E-state index is -1.54. The van der Waals surface area contributed by atoms with Gasteiger partial charge < -0.3 is 39.4 Å². The van der Waals surface area contributed by atoms with E-state index in [1.54, 1.807) is 0 Å². The Balaban J connectivity index is 2.18. The third-order valence-electron chi connectivity index (χ3n) is 12.6. The Kier molecular flexibility index (Phi) is 43.4. The van der Waals surface area contributed by atoms with Gasteiger partial charge in [0.05, 0.1) is 19.8 Å². The zero-order chi connectivity index (χ0) is 45.7. The Morgan fingerprint density at radius 1 is 0.508 bits per heavy atom. The molecule has 6 atom stereocenters. The molecule has 1 aliphatic heterocycles. The van der Waals surface area contributed by atoms with Crippen molar-refractivity contribution in [3.63, 3.8) is 0 Å². The number of rotatable bonds is 47. The summed E-state index contributed by atoms with van der Waals surface area (Å²) in [7, 11) is 0. The molecule has 0 aromatic rings. The SMILES string of the molecule is CCCCCC/C=C\C/C=C\CCCCCCCCCCOCC(COC1OC(CO)C(O)C(O)C1O)OC(=O)CCCCCCCCCCCCCCCCCCCCCCC. The number of hydrogen-bond acceptors (Lipinski definition) is 9. The zero-order valence-corrected chi connectivity index (χ0v) is 41.1. The number of unbranched alkanes of at least 4 members (excludes halogenated alkanes) is 32. The van der Waals surface area contributed by atoms with Gasteiger partial charge in [-0.3, -0.25) is 4.79 Å². The van der Waals surface area contributed by atoms with E-state index in [0.717, 1.165) is 38.5 Å². The lowest BCUT2D eigenvalue weighted by Crippen LogP contribution is -2.59. The van der Waals surface area contributed by atoms with E-state index in [0.29, 0.717) is 13.0 Å². The van der Waals surface area contributed by atoms with E-state index < -0.39 is 43.4 Å². The van der Waals surface area contributed by atoms with E-state index in [9.17, 15) is 25.2 Å². The average Bonchev–Trinajstić information content (AvgIpc) is 3.28. The van der Waals surface area contributed by atoms with Crippen LogP contribution in [0.4, 0.5) is 0 Å². The predicted octanol–water partition coefficient (Wildman–Crippen LogP) is 13.3. The second-order valence-corrected chi connectivity index (χ2v) is 18.7. The van der Waals surface area contributed by atoms with E-state index in [4.69, 9.17) is 18.9 Å². The van der Waals surface area contributed by atoms with Crippen LogP contribution < -0.4 is 0 Å². The summed E-state index contributed by atoms with van der Waals surface area (Å²) in [5, 5.41) is 40.3. The molecule has 9 nitrogen and oxygen atoms in total. The van der Waals surface area contributed by atoms with Crippen molar-refractivity contribution in [1.29, 1.82) is 0 Å². The van der Waals surface area contributed by atoms with Crippen LogP contribution in [-0.2, 0) is 23.7 Å². The van der Waals surface area contributed by atoms with E-state index in [1.165, 1.54) is 193 Å². The average molecular weight is 895 g/mol. The lowest BCUT2D eigenvalue weighted by atomic mass is 9.99. The van der Waals surface area contributed by atoms with Gasteiger partial charge in [-0.2, -0.15) is 0 Å². The summed E-state index contributed by atoms with van der Waals surface area (Å²) in [6.45, 7) is 4.58. The highest BCUT2D eigenvalue weighted by atomic mass is 16.7. The highest BCUT2D eigenvalue weighted by Crippen LogP contribution is 2.23. The fourth-order valence-electron chi connectivity index (χ4n) is 8.41. The normalized spacial score (nSPS) is 19.7. The molecule has 1 saturated heterocycles. The molecule has 9 heteroatoms. The quantitative estimate of drug-likeness (QED) is 0.0267. The second kappa shape index (κ2) is 45.8. The van der Waals surface area contributed by atoms with Crippen LogP contribution in [0.3, 0.4) is 0 Å². The molecule has 0 saturated carbocycles. The molecule has 0 amide bonds. The fourth-order valence-corrected chi connectivity index (χ4v) is 8.41. The van der Waals surface area contributed by atoms with Gasteiger partial charge in [0.15, 0.2) is 6.29 Å². The Morgan fingerprint density at radius 2 is 0.921 bits per heavy atom. The standard InChI is InChI=1S/C54H102O9/c1-3-5-7-9-11-13-15-17-19-21-23-24-25-27-29-31-33-35-37-39-41-43-50(56)62-48(47-61-54-53(59)52(58)51(57)49(45-55)63-54)46-60-44-42-40-38-36-34-32-30-28-26-22-20-18-16-14-12-10-8-6-4-2/h14,16,20,22,48-49,51-55,57-59H,3-13,15,17-19,21,23-47H2,1-2H3/b16-14-,22-20-. The van der Waals surface area contributed by atoms with Crippen LogP contribution in [0.2, 0.25) is 0 Å². The van der Waals surface area contributed by atoms with Crippen LogP contribution in [0.15, 0.2) is 24.3 Å². The molecule has 6 unspecified atom stereocenters. The van der Waals surface area contributed by atoms with E-state index >= 15 is 0 Å². The van der Waals surface area contributed by atoms with Crippen LogP contribution in [0.1, 0.15) is 251 Å². The maximum atomic E-state index is 12.9. The van der Waals surface area contributed by atoms with Gasteiger partial charge in [0.1, 0.15) is 30.5 Å². The molecular formula is C54H102O9. The van der Waals surface area contributed by atoms with Crippen LogP contribution in [0.5, 0.6) is 0 Å². The first kappa shape index (κ1) is 59.7. The van der Waals surface area contributed by atoms with Crippen LogP contribution in [0, 0.1) is 0 Å². The Bertz CT molecular complexity index is 1020. The molecule has 0 aliphatic carbocycles. The first-order valence-electron chi connectivity index (χ1n) is 26.9. The van der Waals surface area contributed by atoms with Crippen molar-refractivity contribution in [2.75, 3.05) is 26.4 Å². The fraction of sp³-hybridized carbons (Fsp3) is 0.907. The van der Waals surface area contributed by atoms with Gasteiger partial charge in [0, 0.05) is 13.0 Å². The molecule has 0 spiro atoms. The lowest BCUT2D eigenvalue weighted by molar-refractivity contribution is -0.305. The molecule has 63 heavy (non-hydrogen) atoms. The smallest absolute Gasteiger partial charge is 0.306 e. The van der Waals surface area contributed by atoms with Crippen molar-refractivity contribution in [2.45, 2.75) is 288 Å². The van der Waals surface area contributed by atoms with Crippen molar-refractivity contribution in [3.8, 4) is 0 Å². The van der Waals surface area contributed by atoms with Crippen LogP contribution >= 0.6 is 0 Å². The lowest BCUT2D eigenvalue weighted by Gasteiger charge is -2.39. The summed E-state index contributed by atoms with van der Waals surface area (Å²) in [6, 6.07) is 0. The Labute approximate surface area is 387 Å². The summed E-state index contributed by atoms with van der Waals surface area (Å²) in [6.07, 6.45) is 47.8. The number of hydrogen-bond donors (Lipinski definition) is 4. The molecule has 1 rings (SSSR count). The van der Waals surface area contributed by atoms with E-state index in [1.807, 2.05) is 0 Å². The summed E-state index contributed by atoms with van der Waals surface area (Å²) in [5.74, 6) is -0.310. The topological polar surface area (TPSA) is 135 Å². The minimum Gasteiger partial charge on any atom is -0.457 e. The third kappa shape index (κ3) is 36.5. The zero-order valence-electron chi connectivity index (χ0n) is 41.1. The molecule has 1 fully saturated rings. The first-order chi connectivity index (χ1) is 30.9. The van der Waals surface area contributed by atoms with Crippen molar-refractivity contribution < 1.29 is 44.2 Å². The van der Waals surface area contributed by atoms with E-state index in [-0.39, 0.29) is 19.2 Å². The highest BCUT2D eigenvalue weighted by Gasteiger charge is 2.44. The van der Waals surface area contributed by atoms with Crippen LogP contribution in [-0.4, -0.2) is 89.6 Å². The van der Waals surface area contributed by atoms with E-state index in [2.05, 4.69) is 38.2 Å². The summed E-state index contributed by atoms with van der Waals surface area (Å²) in [5.41, 5.74) is 0. The number of ether oxygens (including phenoxy) is 4. The molecule has 4 N–H and O–H groups in total. The van der Waals surface area contributed by atoms with Crippen LogP contribution in [0.25, 0.3) is 0 Å². The number of aliphatic hydroxyl groups excluding tert-OH is 4. The maximum Gasteiger partial charge on any atom is 0.306 e. The Hall–Kier alpha value is -1.33. The second-order valence-electron chi connectivity index (χ2n) is 18.7. The largest absolute Gasteiger partial charge is 0.457 e.